The van der Waals surface area contributed by atoms with Gasteiger partial charge in [0.05, 0.1) is 5.69 Å². The minimum atomic E-state index is -3.38. The summed E-state index contributed by atoms with van der Waals surface area (Å²) in [4.78, 5) is 0.376. The van der Waals surface area contributed by atoms with Gasteiger partial charge in [-0.3, -0.25) is 0 Å². The van der Waals surface area contributed by atoms with Gasteiger partial charge >= 0.3 is 0 Å². The first-order chi connectivity index (χ1) is 8.57. The van der Waals surface area contributed by atoms with Crippen molar-refractivity contribution in [1.82, 2.24) is 4.31 Å². The Morgan fingerprint density at radius 2 is 2.00 bits per heavy atom. The number of nitrogens with zero attached hydrogens (tertiary/aromatic N) is 1. The highest BCUT2D eigenvalue weighted by molar-refractivity contribution is 7.89. The maximum atomic E-state index is 12.5. The van der Waals surface area contributed by atoms with E-state index in [-0.39, 0.29) is 6.04 Å². The predicted molar refractivity (Wildman–Crippen MR) is 73.2 cm³/mol. The second kappa shape index (κ2) is 5.28. The molecular formula is C13H20N2O2S. The molecule has 0 aromatic heterocycles. The topological polar surface area (TPSA) is 49.4 Å². The van der Waals surface area contributed by atoms with Crippen molar-refractivity contribution in [2.24, 2.45) is 0 Å². The van der Waals surface area contributed by atoms with Gasteiger partial charge in [0.15, 0.2) is 0 Å². The molecule has 1 aromatic carbocycles. The SMILES string of the molecule is CCNc1ccccc1S(=O)(=O)N(C)C1CCC1. The Morgan fingerprint density at radius 1 is 1.33 bits per heavy atom. The molecule has 1 aliphatic rings. The summed E-state index contributed by atoms with van der Waals surface area (Å²) in [6.07, 6.45) is 3.07. The molecule has 0 amide bonds. The number of hydrogen-bond donors (Lipinski definition) is 1. The zero-order chi connectivity index (χ0) is 13.2. The Hall–Kier alpha value is -1.07. The molecule has 1 aliphatic carbocycles. The molecule has 1 aromatic rings. The third-order valence-electron chi connectivity index (χ3n) is 3.50. The van der Waals surface area contributed by atoms with Crippen LogP contribution in [0.5, 0.6) is 0 Å². The van der Waals surface area contributed by atoms with Gasteiger partial charge in [0.2, 0.25) is 10.0 Å². The van der Waals surface area contributed by atoms with Crippen molar-refractivity contribution in [2.45, 2.75) is 37.1 Å². The van der Waals surface area contributed by atoms with Crippen LogP contribution < -0.4 is 5.32 Å². The highest BCUT2D eigenvalue weighted by Crippen LogP contribution is 2.31. The number of para-hydroxylation sites is 1. The van der Waals surface area contributed by atoms with Gasteiger partial charge < -0.3 is 5.32 Å². The average Bonchev–Trinajstić information content (AvgIpc) is 2.27. The minimum absolute atomic E-state index is 0.171. The van der Waals surface area contributed by atoms with E-state index < -0.39 is 10.0 Å². The van der Waals surface area contributed by atoms with Crippen molar-refractivity contribution in [1.29, 1.82) is 0 Å². The van der Waals surface area contributed by atoms with Gasteiger partial charge in [-0.2, -0.15) is 4.31 Å². The van der Waals surface area contributed by atoms with Crippen LogP contribution in [0.15, 0.2) is 29.2 Å². The molecule has 2 rings (SSSR count). The Morgan fingerprint density at radius 3 is 2.56 bits per heavy atom. The Balaban J connectivity index is 2.34. The Kier molecular flexibility index (Phi) is 3.92. The zero-order valence-electron chi connectivity index (χ0n) is 10.9. The standard InChI is InChI=1S/C13H20N2O2S/c1-3-14-12-9-4-5-10-13(12)18(16,17)15(2)11-7-6-8-11/h4-5,9-11,14H,3,6-8H2,1-2H3. The van der Waals surface area contributed by atoms with Gasteiger partial charge in [-0.25, -0.2) is 8.42 Å². The molecular weight excluding hydrogens is 248 g/mol. The molecule has 0 radical (unpaired) electrons. The van der Waals surface area contributed by atoms with E-state index in [1.807, 2.05) is 19.1 Å². The fourth-order valence-electron chi connectivity index (χ4n) is 2.13. The minimum Gasteiger partial charge on any atom is -0.384 e. The Bertz CT molecular complexity index is 509. The van der Waals surface area contributed by atoms with Gasteiger partial charge in [-0.05, 0) is 31.9 Å². The van der Waals surface area contributed by atoms with E-state index in [1.54, 1.807) is 19.2 Å². The molecule has 4 nitrogen and oxygen atoms in total. The maximum absolute atomic E-state index is 12.5. The smallest absolute Gasteiger partial charge is 0.245 e. The van der Waals surface area contributed by atoms with Gasteiger partial charge in [-0.15, -0.1) is 0 Å². The van der Waals surface area contributed by atoms with Crippen LogP contribution in [0.4, 0.5) is 5.69 Å². The number of anilines is 1. The summed E-state index contributed by atoms with van der Waals surface area (Å²) in [5, 5.41) is 3.11. The highest BCUT2D eigenvalue weighted by Gasteiger charge is 2.32. The van der Waals surface area contributed by atoms with Crippen LogP contribution in [0.3, 0.4) is 0 Å². The first-order valence-electron chi connectivity index (χ1n) is 6.38. The van der Waals surface area contributed by atoms with Gasteiger partial charge in [0, 0.05) is 19.6 Å². The van der Waals surface area contributed by atoms with Crippen LogP contribution >= 0.6 is 0 Å². The van der Waals surface area contributed by atoms with Crippen molar-refractivity contribution in [3.63, 3.8) is 0 Å². The van der Waals surface area contributed by atoms with Crippen LogP contribution in [0.25, 0.3) is 0 Å². The van der Waals surface area contributed by atoms with Gasteiger partial charge in [-0.1, -0.05) is 18.6 Å². The summed E-state index contributed by atoms with van der Waals surface area (Å²) >= 11 is 0. The van der Waals surface area contributed by atoms with Crippen LogP contribution in [0, 0.1) is 0 Å². The zero-order valence-corrected chi connectivity index (χ0v) is 11.7. The van der Waals surface area contributed by atoms with Crippen LogP contribution in [0.1, 0.15) is 26.2 Å². The maximum Gasteiger partial charge on any atom is 0.245 e. The van der Waals surface area contributed by atoms with Gasteiger partial charge in [0.1, 0.15) is 4.90 Å². The summed E-state index contributed by atoms with van der Waals surface area (Å²) in [6.45, 7) is 2.67. The molecule has 0 aliphatic heterocycles. The second-order valence-electron chi connectivity index (χ2n) is 4.63. The largest absolute Gasteiger partial charge is 0.384 e. The van der Waals surface area contributed by atoms with E-state index in [9.17, 15) is 8.42 Å². The first-order valence-corrected chi connectivity index (χ1v) is 7.82. The molecule has 18 heavy (non-hydrogen) atoms. The third kappa shape index (κ3) is 2.37. The molecule has 1 fully saturated rings. The van der Waals surface area contributed by atoms with E-state index in [2.05, 4.69) is 5.32 Å². The lowest BCUT2D eigenvalue weighted by Crippen LogP contribution is -2.41. The van der Waals surface area contributed by atoms with E-state index in [4.69, 9.17) is 0 Å². The fourth-order valence-corrected chi connectivity index (χ4v) is 3.71. The molecule has 0 saturated heterocycles. The van der Waals surface area contributed by atoms with E-state index in [1.165, 1.54) is 4.31 Å². The molecule has 0 heterocycles. The van der Waals surface area contributed by atoms with Crippen molar-refractivity contribution in [2.75, 3.05) is 18.9 Å². The quantitative estimate of drug-likeness (QED) is 0.891. The van der Waals surface area contributed by atoms with Crippen LogP contribution in [0.2, 0.25) is 0 Å². The molecule has 1 saturated carbocycles. The molecule has 0 unspecified atom stereocenters. The van der Waals surface area contributed by atoms with Crippen molar-refractivity contribution in [3.8, 4) is 0 Å². The lowest BCUT2D eigenvalue weighted by atomic mass is 9.94. The van der Waals surface area contributed by atoms with Crippen molar-refractivity contribution >= 4 is 15.7 Å². The molecule has 0 spiro atoms. The lowest BCUT2D eigenvalue weighted by Gasteiger charge is -2.34. The average molecular weight is 268 g/mol. The molecule has 5 heteroatoms. The number of nitrogens with one attached hydrogen (secondary N) is 1. The summed E-state index contributed by atoms with van der Waals surface area (Å²) < 4.78 is 26.6. The monoisotopic (exact) mass is 268 g/mol. The first kappa shape index (κ1) is 13.4. The highest BCUT2D eigenvalue weighted by atomic mass is 32.2. The van der Waals surface area contributed by atoms with E-state index in [0.717, 1.165) is 19.3 Å². The normalized spacial score (nSPS) is 16.6. The summed E-state index contributed by atoms with van der Waals surface area (Å²) in [6, 6.07) is 7.26. The molecule has 0 bridgehead atoms. The van der Waals surface area contributed by atoms with Crippen molar-refractivity contribution < 1.29 is 8.42 Å². The van der Waals surface area contributed by atoms with Crippen LogP contribution in [-0.2, 0) is 10.0 Å². The number of rotatable bonds is 5. The summed E-state index contributed by atoms with van der Waals surface area (Å²) in [7, 11) is -1.70. The Labute approximate surface area is 109 Å². The molecule has 1 N–H and O–H groups in total. The summed E-state index contributed by atoms with van der Waals surface area (Å²) in [5.41, 5.74) is 0.686. The van der Waals surface area contributed by atoms with E-state index in [0.29, 0.717) is 17.1 Å². The lowest BCUT2D eigenvalue weighted by molar-refractivity contribution is 0.250. The van der Waals surface area contributed by atoms with Gasteiger partial charge in [0.25, 0.3) is 0 Å². The second-order valence-corrected chi connectivity index (χ2v) is 6.60. The number of hydrogen-bond acceptors (Lipinski definition) is 3. The fraction of sp³-hybridized carbons (Fsp3) is 0.538. The summed E-state index contributed by atoms with van der Waals surface area (Å²) in [5.74, 6) is 0. The number of benzene rings is 1. The number of sulfonamides is 1. The molecule has 100 valence electrons. The predicted octanol–water partition coefficient (Wildman–Crippen LogP) is 2.29. The molecule has 0 atom stereocenters. The third-order valence-corrected chi connectivity index (χ3v) is 5.47. The van der Waals surface area contributed by atoms with Crippen LogP contribution in [-0.4, -0.2) is 32.4 Å². The van der Waals surface area contributed by atoms with Crippen molar-refractivity contribution in [3.05, 3.63) is 24.3 Å². The van der Waals surface area contributed by atoms with E-state index >= 15 is 0 Å².